The number of hydrogen-bond acceptors (Lipinski definition) is 5. The SMILES string of the molecule is CCSCc1noc(CC2(C(=O)O)CCCCCC2)n1. The van der Waals surface area contributed by atoms with E-state index in [4.69, 9.17) is 4.52 Å². The Bertz CT molecular complexity index is 439. The highest BCUT2D eigenvalue weighted by atomic mass is 32.2. The first kappa shape index (κ1) is 15.4. The molecule has 1 N–H and O–H groups in total. The van der Waals surface area contributed by atoms with E-state index >= 15 is 0 Å². The second kappa shape index (κ2) is 7.11. The lowest BCUT2D eigenvalue weighted by Gasteiger charge is -2.26. The molecule has 0 spiro atoms. The van der Waals surface area contributed by atoms with Crippen molar-refractivity contribution in [3.8, 4) is 0 Å². The summed E-state index contributed by atoms with van der Waals surface area (Å²) in [6.07, 6.45) is 5.98. The van der Waals surface area contributed by atoms with Gasteiger partial charge in [-0.05, 0) is 18.6 Å². The van der Waals surface area contributed by atoms with Crippen molar-refractivity contribution in [3.63, 3.8) is 0 Å². The minimum absolute atomic E-state index is 0.367. The summed E-state index contributed by atoms with van der Waals surface area (Å²) in [4.78, 5) is 16.1. The van der Waals surface area contributed by atoms with Crippen molar-refractivity contribution < 1.29 is 14.4 Å². The van der Waals surface area contributed by atoms with Crippen molar-refractivity contribution in [2.45, 2.75) is 57.6 Å². The number of aliphatic carboxylic acids is 1. The average Bonchev–Trinajstić information content (AvgIpc) is 2.72. The Morgan fingerprint density at radius 3 is 2.65 bits per heavy atom. The van der Waals surface area contributed by atoms with Crippen LogP contribution in [0.5, 0.6) is 0 Å². The summed E-state index contributed by atoms with van der Waals surface area (Å²) in [6, 6.07) is 0. The normalized spacial score (nSPS) is 18.6. The summed E-state index contributed by atoms with van der Waals surface area (Å²) in [5, 5.41) is 13.6. The predicted molar refractivity (Wildman–Crippen MR) is 77.6 cm³/mol. The number of carboxylic acids is 1. The van der Waals surface area contributed by atoms with Crippen molar-refractivity contribution in [2.24, 2.45) is 5.41 Å². The van der Waals surface area contributed by atoms with Gasteiger partial charge in [-0.3, -0.25) is 4.79 Å². The number of nitrogens with zero attached hydrogens (tertiary/aromatic N) is 2. The number of rotatable bonds is 6. The Morgan fingerprint density at radius 1 is 1.35 bits per heavy atom. The average molecular weight is 298 g/mol. The molecule has 1 aromatic rings. The van der Waals surface area contributed by atoms with Gasteiger partial charge in [-0.2, -0.15) is 16.7 Å². The van der Waals surface area contributed by atoms with Gasteiger partial charge in [0.25, 0.3) is 0 Å². The first-order chi connectivity index (χ1) is 9.66. The van der Waals surface area contributed by atoms with Gasteiger partial charge in [0.2, 0.25) is 5.89 Å². The molecule has 0 bridgehead atoms. The first-order valence-electron chi connectivity index (χ1n) is 7.29. The fourth-order valence-electron chi connectivity index (χ4n) is 2.77. The van der Waals surface area contributed by atoms with Gasteiger partial charge in [0.15, 0.2) is 5.82 Å². The minimum Gasteiger partial charge on any atom is -0.481 e. The van der Waals surface area contributed by atoms with E-state index in [0.717, 1.165) is 37.2 Å². The maximum Gasteiger partial charge on any atom is 0.310 e. The Kier molecular flexibility index (Phi) is 5.46. The molecule has 0 atom stereocenters. The topological polar surface area (TPSA) is 76.2 Å². The summed E-state index contributed by atoms with van der Waals surface area (Å²) in [5.41, 5.74) is -0.710. The molecular weight excluding hydrogens is 276 g/mol. The summed E-state index contributed by atoms with van der Waals surface area (Å²) in [5.74, 6) is 2.15. The zero-order chi connectivity index (χ0) is 14.4. The Morgan fingerprint density at radius 2 is 2.05 bits per heavy atom. The molecule has 0 radical (unpaired) electrons. The van der Waals surface area contributed by atoms with Crippen LogP contribution in [0.2, 0.25) is 0 Å². The highest BCUT2D eigenvalue weighted by Crippen LogP contribution is 2.38. The summed E-state index contributed by atoms with van der Waals surface area (Å²) < 4.78 is 5.24. The maximum atomic E-state index is 11.7. The quantitative estimate of drug-likeness (QED) is 0.812. The van der Waals surface area contributed by atoms with Crippen LogP contribution in [0, 0.1) is 5.41 Å². The zero-order valence-corrected chi connectivity index (χ0v) is 12.7. The van der Waals surface area contributed by atoms with E-state index in [2.05, 4.69) is 17.1 Å². The molecule has 1 aliphatic carbocycles. The van der Waals surface area contributed by atoms with Crippen LogP contribution in [-0.2, 0) is 17.0 Å². The number of hydrogen-bond donors (Lipinski definition) is 1. The smallest absolute Gasteiger partial charge is 0.310 e. The van der Waals surface area contributed by atoms with E-state index in [1.165, 1.54) is 0 Å². The summed E-state index contributed by atoms with van der Waals surface area (Å²) in [7, 11) is 0. The number of thioether (sulfide) groups is 1. The molecule has 1 heterocycles. The van der Waals surface area contributed by atoms with E-state index in [0.29, 0.717) is 31.0 Å². The van der Waals surface area contributed by atoms with E-state index in [1.54, 1.807) is 11.8 Å². The van der Waals surface area contributed by atoms with E-state index < -0.39 is 11.4 Å². The van der Waals surface area contributed by atoms with Gasteiger partial charge in [0.05, 0.1) is 11.2 Å². The van der Waals surface area contributed by atoms with E-state index in [-0.39, 0.29) is 0 Å². The monoisotopic (exact) mass is 298 g/mol. The van der Waals surface area contributed by atoms with Gasteiger partial charge in [-0.25, -0.2) is 0 Å². The molecule has 0 aromatic carbocycles. The van der Waals surface area contributed by atoms with Crippen LogP contribution in [-0.4, -0.2) is 27.0 Å². The van der Waals surface area contributed by atoms with Crippen molar-refractivity contribution in [2.75, 3.05) is 5.75 Å². The third-order valence-electron chi connectivity index (χ3n) is 3.95. The van der Waals surface area contributed by atoms with Crippen LogP contribution < -0.4 is 0 Å². The van der Waals surface area contributed by atoms with Crippen LogP contribution in [0.25, 0.3) is 0 Å². The molecule has 112 valence electrons. The molecule has 6 heteroatoms. The van der Waals surface area contributed by atoms with Gasteiger partial charge in [0.1, 0.15) is 0 Å². The highest BCUT2D eigenvalue weighted by molar-refractivity contribution is 7.98. The summed E-state index contributed by atoms with van der Waals surface area (Å²) >= 11 is 1.73. The minimum atomic E-state index is -0.720. The Balaban J connectivity index is 2.07. The molecule has 2 rings (SSSR count). The Labute approximate surface area is 123 Å². The van der Waals surface area contributed by atoms with Gasteiger partial charge in [-0.15, -0.1) is 0 Å². The molecular formula is C14H22N2O3S. The highest BCUT2D eigenvalue weighted by Gasteiger charge is 2.40. The van der Waals surface area contributed by atoms with Crippen LogP contribution in [0.4, 0.5) is 0 Å². The van der Waals surface area contributed by atoms with Crippen LogP contribution in [0.1, 0.15) is 57.2 Å². The molecule has 1 fully saturated rings. The van der Waals surface area contributed by atoms with Gasteiger partial charge >= 0.3 is 5.97 Å². The predicted octanol–water partition coefficient (Wildman–Crippen LogP) is 3.29. The van der Waals surface area contributed by atoms with E-state index in [1.807, 2.05) is 0 Å². The van der Waals surface area contributed by atoms with E-state index in [9.17, 15) is 9.90 Å². The third-order valence-corrected chi connectivity index (χ3v) is 4.82. The Hall–Kier alpha value is -1.04. The van der Waals surface area contributed by atoms with Gasteiger partial charge in [-0.1, -0.05) is 37.8 Å². The van der Waals surface area contributed by atoms with Gasteiger partial charge < -0.3 is 9.63 Å². The number of aromatic nitrogens is 2. The molecule has 1 aliphatic rings. The van der Waals surface area contributed by atoms with Crippen molar-refractivity contribution in [3.05, 3.63) is 11.7 Å². The molecule has 0 amide bonds. The van der Waals surface area contributed by atoms with Crippen molar-refractivity contribution in [1.82, 2.24) is 10.1 Å². The molecule has 0 aliphatic heterocycles. The second-order valence-electron chi connectivity index (χ2n) is 5.42. The number of carboxylic acid groups (broad SMARTS) is 1. The zero-order valence-electron chi connectivity index (χ0n) is 11.9. The molecule has 20 heavy (non-hydrogen) atoms. The summed E-state index contributed by atoms with van der Waals surface area (Å²) in [6.45, 7) is 2.08. The van der Waals surface area contributed by atoms with Gasteiger partial charge in [0, 0.05) is 6.42 Å². The van der Waals surface area contributed by atoms with Crippen molar-refractivity contribution in [1.29, 1.82) is 0 Å². The van der Waals surface area contributed by atoms with Crippen LogP contribution in [0.3, 0.4) is 0 Å². The van der Waals surface area contributed by atoms with Crippen LogP contribution in [0.15, 0.2) is 4.52 Å². The molecule has 5 nitrogen and oxygen atoms in total. The lowest BCUT2D eigenvalue weighted by molar-refractivity contribution is -0.150. The molecule has 0 unspecified atom stereocenters. The standard InChI is InChI=1S/C14H22N2O3S/c1-2-20-10-11-15-12(19-16-11)9-14(13(17)18)7-5-3-4-6-8-14/h2-10H2,1H3,(H,17,18). The lowest BCUT2D eigenvalue weighted by Crippen LogP contribution is -2.33. The maximum absolute atomic E-state index is 11.7. The lowest BCUT2D eigenvalue weighted by atomic mass is 9.77. The fraction of sp³-hybridized carbons (Fsp3) is 0.786. The first-order valence-corrected chi connectivity index (χ1v) is 8.44. The second-order valence-corrected chi connectivity index (χ2v) is 6.69. The largest absolute Gasteiger partial charge is 0.481 e. The third kappa shape index (κ3) is 3.75. The molecule has 1 aromatic heterocycles. The molecule has 0 saturated heterocycles. The van der Waals surface area contributed by atoms with Crippen LogP contribution >= 0.6 is 11.8 Å². The fourth-order valence-corrected chi connectivity index (χ4v) is 3.28. The van der Waals surface area contributed by atoms with Crippen molar-refractivity contribution >= 4 is 17.7 Å². The molecule has 1 saturated carbocycles. The number of carbonyl (C=O) groups is 1.